The third-order valence-corrected chi connectivity index (χ3v) is 8.02. The van der Waals surface area contributed by atoms with Crippen LogP contribution in [0.2, 0.25) is 0 Å². The van der Waals surface area contributed by atoms with Crippen LogP contribution in [0.15, 0.2) is 61.7 Å². The molecule has 2 aliphatic rings. The maximum absolute atomic E-state index is 15.0. The van der Waals surface area contributed by atoms with Crippen LogP contribution in [-0.2, 0) is 6.42 Å². The lowest BCUT2D eigenvalue weighted by Gasteiger charge is -2.42. The van der Waals surface area contributed by atoms with Gasteiger partial charge in [-0.25, -0.2) is 13.6 Å². The first-order valence-electron chi connectivity index (χ1n) is 13.0. The van der Waals surface area contributed by atoms with E-state index in [1.165, 1.54) is 56.4 Å². The van der Waals surface area contributed by atoms with Crippen molar-refractivity contribution in [3.8, 4) is 5.75 Å². The number of carbonyl (C=O) groups is 1. The first kappa shape index (κ1) is 25.3. The normalized spacial score (nSPS) is 23.8. The third-order valence-electron chi connectivity index (χ3n) is 8.02. The number of halogens is 2. The molecule has 0 amide bonds. The molecule has 2 aliphatic carbocycles. The fourth-order valence-electron chi connectivity index (χ4n) is 6.06. The molecule has 2 nitrogen and oxygen atoms in total. The van der Waals surface area contributed by atoms with E-state index in [4.69, 9.17) is 4.74 Å². The van der Waals surface area contributed by atoms with E-state index in [9.17, 15) is 13.6 Å². The quantitative estimate of drug-likeness (QED) is 0.205. The zero-order chi connectivity index (χ0) is 24.8. The molecule has 2 saturated carbocycles. The average molecular weight is 479 g/mol. The summed E-state index contributed by atoms with van der Waals surface area (Å²) < 4.78 is 34.5. The Morgan fingerprint density at radius 1 is 0.914 bits per heavy atom. The van der Waals surface area contributed by atoms with Crippen LogP contribution in [0.1, 0.15) is 85.2 Å². The summed E-state index contributed by atoms with van der Waals surface area (Å²) in [5.41, 5.74) is 1.57. The van der Waals surface area contributed by atoms with E-state index < -0.39 is 17.6 Å². The number of benzene rings is 2. The highest BCUT2D eigenvalue weighted by molar-refractivity contribution is 5.91. The van der Waals surface area contributed by atoms with Gasteiger partial charge in [-0.1, -0.05) is 30.7 Å². The van der Waals surface area contributed by atoms with Crippen molar-refractivity contribution < 1.29 is 18.3 Å². The van der Waals surface area contributed by atoms with Gasteiger partial charge in [-0.15, -0.1) is 13.2 Å². The van der Waals surface area contributed by atoms with Gasteiger partial charge < -0.3 is 4.74 Å². The lowest BCUT2D eigenvalue weighted by Crippen LogP contribution is -2.30. The van der Waals surface area contributed by atoms with Crippen LogP contribution in [0.25, 0.3) is 0 Å². The number of esters is 1. The van der Waals surface area contributed by atoms with Crippen molar-refractivity contribution >= 4 is 5.97 Å². The number of hydrogen-bond donors (Lipinski definition) is 0. The molecule has 0 spiro atoms. The summed E-state index contributed by atoms with van der Waals surface area (Å²) in [7, 11) is 0. The van der Waals surface area contributed by atoms with Crippen LogP contribution in [0.5, 0.6) is 5.75 Å². The lowest BCUT2D eigenvalue weighted by atomic mass is 9.63. The minimum absolute atomic E-state index is 0.166. The SMILES string of the molecule is C=CCCc1ccc(OC(=O)c2ccc(C3CCC4CC(CCC=C)CCC4C3)cc2F)c(F)c1. The van der Waals surface area contributed by atoms with Gasteiger partial charge in [0, 0.05) is 0 Å². The topological polar surface area (TPSA) is 26.3 Å². The van der Waals surface area contributed by atoms with Crippen molar-refractivity contribution in [2.45, 2.75) is 70.1 Å². The van der Waals surface area contributed by atoms with Crippen LogP contribution < -0.4 is 4.74 Å². The van der Waals surface area contributed by atoms with Gasteiger partial charge in [0.05, 0.1) is 5.56 Å². The summed E-state index contributed by atoms with van der Waals surface area (Å²) in [6.45, 7) is 7.51. The van der Waals surface area contributed by atoms with Gasteiger partial charge in [-0.2, -0.15) is 0 Å². The number of rotatable bonds is 9. The van der Waals surface area contributed by atoms with Gasteiger partial charge in [0.15, 0.2) is 11.6 Å². The molecule has 186 valence electrons. The highest BCUT2D eigenvalue weighted by Crippen LogP contribution is 2.48. The Morgan fingerprint density at radius 2 is 1.69 bits per heavy atom. The van der Waals surface area contributed by atoms with Crippen molar-refractivity contribution in [1.82, 2.24) is 0 Å². The first-order chi connectivity index (χ1) is 17.0. The Kier molecular flexibility index (Phi) is 8.54. The number of aryl methyl sites for hydroxylation is 1. The summed E-state index contributed by atoms with van der Waals surface area (Å²) in [6.07, 6.45) is 14.7. The second-order valence-electron chi connectivity index (χ2n) is 10.3. The Bertz CT molecular complexity index is 1060. The number of ether oxygens (including phenoxy) is 1. The van der Waals surface area contributed by atoms with E-state index in [0.29, 0.717) is 18.3 Å². The standard InChI is InChI=1S/C31H36F2O2/c1-3-5-7-21-9-11-24-19-25(13-12-23(24)17-21)26-14-15-27(28(32)20-26)31(34)35-30-16-10-22(8-6-4-2)18-29(30)33/h3-4,10,14-16,18,20-21,23-25H,1-2,5-9,11-13,17,19H2. The maximum Gasteiger partial charge on any atom is 0.346 e. The zero-order valence-electron chi connectivity index (χ0n) is 20.5. The Hall–Kier alpha value is -2.75. The van der Waals surface area contributed by atoms with Crippen LogP contribution >= 0.6 is 0 Å². The van der Waals surface area contributed by atoms with Crippen LogP contribution in [0, 0.1) is 29.4 Å². The number of hydrogen-bond acceptors (Lipinski definition) is 2. The second-order valence-corrected chi connectivity index (χ2v) is 10.3. The van der Waals surface area contributed by atoms with Gasteiger partial charge in [-0.3, -0.25) is 0 Å². The smallest absolute Gasteiger partial charge is 0.346 e. The third kappa shape index (κ3) is 6.28. The molecule has 2 fully saturated rings. The van der Waals surface area contributed by atoms with Crippen LogP contribution in [0.4, 0.5) is 8.78 Å². The molecule has 0 heterocycles. The van der Waals surface area contributed by atoms with Gasteiger partial charge >= 0.3 is 5.97 Å². The van der Waals surface area contributed by atoms with Crippen LogP contribution in [0.3, 0.4) is 0 Å². The zero-order valence-corrected chi connectivity index (χ0v) is 20.5. The lowest BCUT2D eigenvalue weighted by molar-refractivity contribution is 0.0722. The molecular weight excluding hydrogens is 442 g/mol. The van der Waals surface area contributed by atoms with E-state index >= 15 is 0 Å². The average Bonchev–Trinajstić information content (AvgIpc) is 2.87. The van der Waals surface area contributed by atoms with Gasteiger partial charge in [0.25, 0.3) is 0 Å². The molecule has 4 atom stereocenters. The molecule has 0 radical (unpaired) electrons. The second kappa shape index (κ2) is 11.8. The Morgan fingerprint density at radius 3 is 2.43 bits per heavy atom. The molecule has 2 aromatic carbocycles. The van der Waals surface area contributed by atoms with E-state index in [2.05, 4.69) is 13.2 Å². The van der Waals surface area contributed by atoms with Gasteiger partial charge in [0.1, 0.15) is 5.82 Å². The summed E-state index contributed by atoms with van der Waals surface area (Å²) in [4.78, 5) is 12.6. The van der Waals surface area contributed by atoms with E-state index in [1.54, 1.807) is 12.1 Å². The molecule has 35 heavy (non-hydrogen) atoms. The molecule has 0 aliphatic heterocycles. The predicted molar refractivity (Wildman–Crippen MR) is 137 cm³/mol. The monoisotopic (exact) mass is 478 g/mol. The molecule has 4 unspecified atom stereocenters. The van der Waals surface area contributed by atoms with Crippen molar-refractivity contribution in [2.75, 3.05) is 0 Å². The summed E-state index contributed by atoms with van der Waals surface area (Å²) in [5, 5.41) is 0. The predicted octanol–water partition coefficient (Wildman–Crippen LogP) is 8.57. The fraction of sp³-hybridized carbons (Fsp3) is 0.452. The summed E-state index contributed by atoms with van der Waals surface area (Å²) in [6, 6.07) is 9.28. The molecule has 0 aromatic heterocycles. The van der Waals surface area contributed by atoms with E-state index in [0.717, 1.165) is 48.6 Å². The van der Waals surface area contributed by atoms with E-state index in [1.807, 2.05) is 12.1 Å². The van der Waals surface area contributed by atoms with Crippen LogP contribution in [-0.4, -0.2) is 5.97 Å². The molecule has 2 aromatic rings. The fourth-order valence-corrected chi connectivity index (χ4v) is 6.06. The highest BCUT2D eigenvalue weighted by atomic mass is 19.1. The van der Waals surface area contributed by atoms with Crippen molar-refractivity contribution in [2.24, 2.45) is 17.8 Å². The minimum Gasteiger partial charge on any atom is -0.420 e. The van der Waals surface area contributed by atoms with Gasteiger partial charge in [-0.05, 0) is 117 Å². The van der Waals surface area contributed by atoms with Crippen molar-refractivity contribution in [3.05, 3.63) is 90.0 Å². The molecule has 4 rings (SSSR count). The highest BCUT2D eigenvalue weighted by Gasteiger charge is 2.36. The Labute approximate surface area is 208 Å². The molecule has 0 bridgehead atoms. The summed E-state index contributed by atoms with van der Waals surface area (Å²) in [5.74, 6) is 0.323. The maximum atomic E-state index is 15.0. The first-order valence-corrected chi connectivity index (χ1v) is 13.0. The molecule has 0 N–H and O–H groups in total. The minimum atomic E-state index is -0.881. The van der Waals surface area contributed by atoms with Crippen molar-refractivity contribution in [1.29, 1.82) is 0 Å². The number of allylic oxidation sites excluding steroid dienone is 2. The number of carbonyl (C=O) groups excluding carboxylic acids is 1. The largest absolute Gasteiger partial charge is 0.420 e. The van der Waals surface area contributed by atoms with Crippen molar-refractivity contribution in [3.63, 3.8) is 0 Å². The molecular formula is C31H36F2O2. The van der Waals surface area contributed by atoms with E-state index in [-0.39, 0.29) is 11.3 Å². The van der Waals surface area contributed by atoms with Gasteiger partial charge in [0.2, 0.25) is 0 Å². The summed E-state index contributed by atoms with van der Waals surface area (Å²) >= 11 is 0. The number of fused-ring (bicyclic) bond motifs is 1. The molecule has 0 saturated heterocycles. The molecule has 4 heteroatoms. The Balaban J connectivity index is 1.37.